The van der Waals surface area contributed by atoms with E-state index in [1.54, 1.807) is 4.90 Å². The molecule has 1 aromatic carbocycles. The van der Waals surface area contributed by atoms with Gasteiger partial charge in [-0.2, -0.15) is 0 Å². The number of likely N-dealkylation sites (N-methyl/N-ethyl adjacent to an activating group) is 1. The van der Waals surface area contributed by atoms with Crippen molar-refractivity contribution in [3.05, 3.63) is 36.7 Å². The lowest BCUT2D eigenvalue weighted by molar-refractivity contribution is -0.119. The van der Waals surface area contributed by atoms with E-state index in [1.165, 1.54) is 28.3 Å². The minimum Gasteiger partial charge on any atom is -0.313 e. The Bertz CT molecular complexity index is 958. The molecule has 0 N–H and O–H groups in total. The fourth-order valence-electron chi connectivity index (χ4n) is 2.37. The molecule has 0 unspecified atom stereocenters. The molecule has 1 amide bonds. The van der Waals surface area contributed by atoms with Crippen molar-refractivity contribution in [1.82, 2.24) is 14.5 Å². The second-order valence-electron chi connectivity index (χ2n) is 5.21. The molecule has 0 radical (unpaired) electrons. The summed E-state index contributed by atoms with van der Waals surface area (Å²) in [5, 5.41) is 0.487. The molecule has 0 saturated carbocycles. The second-order valence-corrected chi connectivity index (χ2v) is 8.13. The molecule has 0 aliphatic carbocycles. The number of amides is 1. The Labute approximate surface area is 143 Å². The molecule has 0 fully saturated rings. The maximum atomic E-state index is 12.6. The highest BCUT2D eigenvalue weighted by Crippen LogP contribution is 2.28. The van der Waals surface area contributed by atoms with Crippen molar-refractivity contribution in [3.8, 4) is 0 Å². The first-order chi connectivity index (χ1) is 11.4. The summed E-state index contributed by atoms with van der Waals surface area (Å²) in [5.41, 5.74) is 0.836. The normalized spacial score (nSPS) is 11.8. The SMILES string of the molecule is CCN(C(=O)Cn1ccnc1S(C)(=O)=O)c1nc2ccccc2s1. The van der Waals surface area contributed by atoms with Crippen LogP contribution in [0.5, 0.6) is 0 Å². The van der Waals surface area contributed by atoms with Gasteiger partial charge < -0.3 is 4.57 Å². The third-order valence-corrected chi connectivity index (χ3v) is 5.51. The number of hydrogen-bond donors (Lipinski definition) is 0. The molecule has 0 aliphatic heterocycles. The van der Waals surface area contributed by atoms with Crippen LogP contribution in [0.4, 0.5) is 5.13 Å². The zero-order valence-corrected chi connectivity index (χ0v) is 14.8. The molecule has 7 nitrogen and oxygen atoms in total. The molecule has 2 heterocycles. The van der Waals surface area contributed by atoms with Crippen LogP contribution in [0.1, 0.15) is 6.92 Å². The number of fused-ring (bicyclic) bond motifs is 1. The molecule has 9 heteroatoms. The highest BCUT2D eigenvalue weighted by Gasteiger charge is 2.21. The van der Waals surface area contributed by atoms with E-state index in [0.717, 1.165) is 16.5 Å². The first kappa shape index (κ1) is 16.6. The van der Waals surface area contributed by atoms with E-state index >= 15 is 0 Å². The van der Waals surface area contributed by atoms with Crippen molar-refractivity contribution in [2.24, 2.45) is 0 Å². The van der Waals surface area contributed by atoms with E-state index in [0.29, 0.717) is 11.7 Å². The first-order valence-electron chi connectivity index (χ1n) is 7.27. The van der Waals surface area contributed by atoms with Crippen LogP contribution in [0, 0.1) is 0 Å². The van der Waals surface area contributed by atoms with Crippen molar-refractivity contribution in [1.29, 1.82) is 0 Å². The van der Waals surface area contributed by atoms with Gasteiger partial charge in [0.2, 0.25) is 20.9 Å². The van der Waals surface area contributed by atoms with E-state index in [9.17, 15) is 13.2 Å². The third-order valence-electron chi connectivity index (χ3n) is 3.45. The maximum absolute atomic E-state index is 12.6. The standard InChI is InChI=1S/C15H16N4O3S2/c1-3-19(14-17-11-6-4-5-7-12(11)23-14)13(20)10-18-9-8-16-15(18)24(2,21)22/h4-9H,3,10H2,1-2H3. The summed E-state index contributed by atoms with van der Waals surface area (Å²) in [4.78, 5) is 22.5. The number of sulfone groups is 1. The Hall–Kier alpha value is -2.26. The highest BCUT2D eigenvalue weighted by atomic mass is 32.2. The summed E-state index contributed by atoms with van der Waals surface area (Å²) >= 11 is 1.43. The van der Waals surface area contributed by atoms with Gasteiger partial charge in [-0.05, 0) is 19.1 Å². The number of imidazole rings is 1. The van der Waals surface area contributed by atoms with Crippen LogP contribution < -0.4 is 4.90 Å². The summed E-state index contributed by atoms with van der Waals surface area (Å²) in [5.74, 6) is -0.237. The lowest BCUT2D eigenvalue weighted by atomic mass is 10.3. The van der Waals surface area contributed by atoms with Crippen LogP contribution >= 0.6 is 11.3 Å². The number of rotatable bonds is 5. The van der Waals surface area contributed by atoms with Crippen LogP contribution in [0.15, 0.2) is 41.8 Å². The van der Waals surface area contributed by atoms with Gasteiger partial charge in [0.15, 0.2) is 5.13 Å². The van der Waals surface area contributed by atoms with Gasteiger partial charge in [0.1, 0.15) is 6.54 Å². The Balaban J connectivity index is 1.89. The molecule has 0 atom stereocenters. The van der Waals surface area contributed by atoms with E-state index in [-0.39, 0.29) is 17.6 Å². The molecule has 0 spiro atoms. The number of hydrogen-bond acceptors (Lipinski definition) is 6. The molecular weight excluding hydrogens is 348 g/mol. The molecule has 2 aromatic heterocycles. The molecule has 126 valence electrons. The lowest BCUT2D eigenvalue weighted by Crippen LogP contribution is -2.34. The van der Waals surface area contributed by atoms with Gasteiger partial charge in [-0.1, -0.05) is 23.5 Å². The lowest BCUT2D eigenvalue weighted by Gasteiger charge is -2.18. The number of thiazole rings is 1. The van der Waals surface area contributed by atoms with Gasteiger partial charge in [0.05, 0.1) is 10.2 Å². The van der Waals surface area contributed by atoms with Crippen LogP contribution in [0.3, 0.4) is 0 Å². The third kappa shape index (κ3) is 3.17. The summed E-state index contributed by atoms with van der Waals surface area (Å²) in [6, 6.07) is 7.66. The number of aromatic nitrogens is 3. The second kappa shape index (κ2) is 6.33. The minimum absolute atomic E-state index is 0.105. The number of anilines is 1. The van der Waals surface area contributed by atoms with E-state index in [4.69, 9.17) is 0 Å². The zero-order valence-electron chi connectivity index (χ0n) is 13.2. The number of nitrogens with zero attached hydrogens (tertiary/aromatic N) is 4. The number of carbonyl (C=O) groups is 1. The van der Waals surface area contributed by atoms with Crippen molar-refractivity contribution in [3.63, 3.8) is 0 Å². The number of para-hydroxylation sites is 1. The van der Waals surface area contributed by atoms with E-state index < -0.39 is 9.84 Å². The Morgan fingerprint density at radius 3 is 2.75 bits per heavy atom. The molecule has 0 aliphatic rings. The predicted molar refractivity (Wildman–Crippen MR) is 93.0 cm³/mol. The van der Waals surface area contributed by atoms with Gasteiger partial charge in [-0.25, -0.2) is 18.4 Å². The van der Waals surface area contributed by atoms with Crippen LogP contribution in [-0.4, -0.2) is 41.7 Å². The van der Waals surface area contributed by atoms with Crippen LogP contribution in [0.25, 0.3) is 10.2 Å². The molecular formula is C15H16N4O3S2. The number of carbonyl (C=O) groups excluding carboxylic acids is 1. The summed E-state index contributed by atoms with van der Waals surface area (Å²) in [6.45, 7) is 2.20. The van der Waals surface area contributed by atoms with Crippen molar-refractivity contribution < 1.29 is 13.2 Å². The fourth-order valence-corrected chi connectivity index (χ4v) is 4.22. The van der Waals surface area contributed by atoms with Gasteiger partial charge in [0.25, 0.3) is 0 Å². The van der Waals surface area contributed by atoms with Crippen molar-refractivity contribution in [2.75, 3.05) is 17.7 Å². The smallest absolute Gasteiger partial charge is 0.248 e. The molecule has 0 saturated heterocycles. The topological polar surface area (TPSA) is 85.2 Å². The molecule has 3 aromatic rings. The van der Waals surface area contributed by atoms with Gasteiger partial charge in [0, 0.05) is 25.2 Å². The van der Waals surface area contributed by atoms with E-state index in [1.807, 2.05) is 31.2 Å². The van der Waals surface area contributed by atoms with Gasteiger partial charge in [-0.15, -0.1) is 0 Å². The Kier molecular flexibility index (Phi) is 4.37. The van der Waals surface area contributed by atoms with Crippen molar-refractivity contribution in [2.45, 2.75) is 18.6 Å². The molecule has 24 heavy (non-hydrogen) atoms. The van der Waals surface area contributed by atoms with Gasteiger partial charge in [-0.3, -0.25) is 9.69 Å². The van der Waals surface area contributed by atoms with Gasteiger partial charge >= 0.3 is 0 Å². The monoisotopic (exact) mass is 364 g/mol. The van der Waals surface area contributed by atoms with E-state index in [2.05, 4.69) is 9.97 Å². The maximum Gasteiger partial charge on any atom is 0.248 e. The molecule has 0 bridgehead atoms. The Morgan fingerprint density at radius 2 is 2.08 bits per heavy atom. The quantitative estimate of drug-likeness (QED) is 0.691. The van der Waals surface area contributed by atoms with Crippen molar-refractivity contribution >= 4 is 42.4 Å². The summed E-state index contributed by atoms with van der Waals surface area (Å²) in [7, 11) is -3.49. The highest BCUT2D eigenvalue weighted by molar-refractivity contribution is 7.90. The fraction of sp³-hybridized carbons (Fsp3) is 0.267. The molecule has 3 rings (SSSR count). The van der Waals surface area contributed by atoms with Crippen LogP contribution in [-0.2, 0) is 21.2 Å². The predicted octanol–water partition coefficient (Wildman–Crippen LogP) is 1.95. The summed E-state index contributed by atoms with van der Waals surface area (Å²) < 4.78 is 25.7. The average Bonchev–Trinajstić information content (AvgIpc) is 3.13. The summed E-state index contributed by atoms with van der Waals surface area (Å²) in [6.07, 6.45) is 3.93. The minimum atomic E-state index is -3.49. The largest absolute Gasteiger partial charge is 0.313 e. The number of benzene rings is 1. The van der Waals surface area contributed by atoms with Crippen LogP contribution in [0.2, 0.25) is 0 Å². The average molecular weight is 364 g/mol. The zero-order chi connectivity index (χ0) is 17.3. The first-order valence-corrected chi connectivity index (χ1v) is 9.98. The Morgan fingerprint density at radius 1 is 1.33 bits per heavy atom.